The zero-order chi connectivity index (χ0) is 97.2. The predicted octanol–water partition coefficient (Wildman–Crippen LogP) is 32.5. The molecule has 0 fully saturated rings. The minimum Gasteiger partial charge on any atom is -0.456 e. The molecule has 31 rings (SSSR count). The SMILES string of the molecule is c1ccc(-c2ccc(N(c3ccc4c(c3)N(c3ccccc3)c3ccccc3[Si]4(c3ccc4c(c3)oc3ccccc34)c3ccc4c(c3)oc3ccccc34)c3cccc4oc5ccccc5c34)cc2)cc1.c1ccc(N2c3ccccc3[Si](c3ccc4c(c3)oc3ccccc34)(c3ccc4c(c3)oc3ccccc34)c3ccc(N(c4ccc(-c5cccc6ccccc56)cc4)c4ccc5oc6ccccc6c5c4)cc32)cc1. The Morgan fingerprint density at radius 3 is 0.959 bits per heavy atom. The first kappa shape index (κ1) is 84.4. The van der Waals surface area contributed by atoms with Crippen molar-refractivity contribution in [3.63, 3.8) is 0 Å². The van der Waals surface area contributed by atoms with Gasteiger partial charge < -0.3 is 46.1 Å². The quantitative estimate of drug-likeness (QED) is 0.0980. The molecule has 0 radical (unpaired) electrons. The highest BCUT2D eigenvalue weighted by molar-refractivity contribution is 7.22. The molecule has 0 N–H and O–H groups in total. The lowest BCUT2D eigenvalue weighted by molar-refractivity contribution is 0.668. The van der Waals surface area contributed by atoms with Gasteiger partial charge in [0.25, 0.3) is 0 Å². The summed E-state index contributed by atoms with van der Waals surface area (Å²) in [4.78, 5) is 9.77. The molecule has 0 unspecified atom stereocenters. The lowest BCUT2D eigenvalue weighted by atomic mass is 9.98. The number of rotatable bonds is 14. The van der Waals surface area contributed by atoms with Crippen LogP contribution in [0.25, 0.3) is 165 Å². The van der Waals surface area contributed by atoms with Crippen molar-refractivity contribution >= 4 is 268 Å². The zero-order valence-corrected chi connectivity index (χ0v) is 81.9. The first-order valence-corrected chi connectivity index (χ1v) is 54.4. The summed E-state index contributed by atoms with van der Waals surface area (Å²) in [5, 5.41) is 25.6. The Morgan fingerprint density at radius 2 is 0.480 bits per heavy atom. The van der Waals surface area contributed by atoms with Crippen molar-refractivity contribution in [2.45, 2.75) is 0 Å². The van der Waals surface area contributed by atoms with E-state index in [-0.39, 0.29) is 0 Å². The Balaban J connectivity index is 0.000000137. The van der Waals surface area contributed by atoms with E-state index in [1.807, 2.05) is 42.5 Å². The molecule has 8 heterocycles. The van der Waals surface area contributed by atoms with Crippen molar-refractivity contribution in [1.29, 1.82) is 0 Å². The van der Waals surface area contributed by atoms with Gasteiger partial charge in [-0.05, 0) is 250 Å². The molecule has 0 saturated carbocycles. The van der Waals surface area contributed by atoms with Gasteiger partial charge in [0.2, 0.25) is 0 Å². The van der Waals surface area contributed by atoms with Crippen molar-refractivity contribution in [3.8, 4) is 22.3 Å². The Morgan fingerprint density at radius 1 is 0.169 bits per heavy atom. The molecule has 10 nitrogen and oxygen atoms in total. The van der Waals surface area contributed by atoms with Crippen LogP contribution in [0.15, 0.2) is 548 Å². The molecule has 148 heavy (non-hydrogen) atoms. The summed E-state index contributed by atoms with van der Waals surface area (Å²) >= 11 is 0. The van der Waals surface area contributed by atoms with Crippen LogP contribution in [0.5, 0.6) is 0 Å². The second kappa shape index (κ2) is 33.7. The molecule has 0 spiro atoms. The molecule has 0 aliphatic carbocycles. The molecule has 0 atom stereocenters. The average molecular weight is 1930 g/mol. The fraction of sp³-hybridized carbons (Fsp3) is 0. The molecular weight excluding hydrogens is 1840 g/mol. The van der Waals surface area contributed by atoms with Crippen LogP contribution in [0.4, 0.5) is 68.2 Å². The number of hydrogen-bond donors (Lipinski definition) is 0. The number of benzene rings is 23. The van der Waals surface area contributed by atoms with E-state index in [4.69, 9.17) is 26.5 Å². The predicted molar refractivity (Wildman–Crippen MR) is 618 cm³/mol. The Kier molecular flexibility index (Phi) is 19.2. The van der Waals surface area contributed by atoms with Crippen molar-refractivity contribution < 1.29 is 26.5 Å². The minimum atomic E-state index is -3.32. The molecule has 0 saturated heterocycles. The smallest absolute Gasteiger partial charge is 0.184 e. The van der Waals surface area contributed by atoms with Gasteiger partial charge in [0.05, 0.1) is 11.1 Å². The number of furan rings is 6. The third-order valence-corrected chi connectivity index (χ3v) is 40.5. The van der Waals surface area contributed by atoms with Gasteiger partial charge in [0.15, 0.2) is 16.1 Å². The first-order valence-electron chi connectivity index (χ1n) is 50.4. The molecule has 694 valence electrons. The Bertz CT molecular complexity index is 10200. The van der Waals surface area contributed by atoms with E-state index < -0.39 is 16.1 Å². The average Bonchev–Trinajstić information content (AvgIpc) is 1.13. The second-order valence-electron chi connectivity index (χ2n) is 38.7. The van der Waals surface area contributed by atoms with E-state index in [0.29, 0.717) is 0 Å². The number of fused-ring (bicyclic) bond motifs is 23. The maximum absolute atomic E-state index is 6.78. The number of nitrogens with zero attached hydrogens (tertiary/aromatic N) is 4. The first-order chi connectivity index (χ1) is 73.3. The number of anilines is 12. The van der Waals surface area contributed by atoms with Gasteiger partial charge >= 0.3 is 0 Å². The van der Waals surface area contributed by atoms with Crippen LogP contribution in [0, 0.1) is 0 Å². The molecule has 23 aromatic carbocycles. The molecule has 2 aliphatic rings. The maximum atomic E-state index is 6.78. The van der Waals surface area contributed by atoms with Gasteiger partial charge in [-0.1, -0.05) is 346 Å². The van der Waals surface area contributed by atoms with Gasteiger partial charge in [-0.3, -0.25) is 0 Å². The summed E-state index contributed by atoms with van der Waals surface area (Å²) in [7, 11) is -6.63. The summed E-state index contributed by atoms with van der Waals surface area (Å²) in [5.41, 5.74) is 27.9. The van der Waals surface area contributed by atoms with Gasteiger partial charge in [-0.25, -0.2) is 0 Å². The standard InChI is InChI=1S/C70H44N2O3Si.C66H42N2O3Si/c1-2-17-47(18-3-1)72-61-24-9-13-28-69(61)76(51-35-37-58-55-20-6-10-25-63(55)74-67(58)43-51,52-36-38-59-56-21-7-11-26-64(56)75-68(59)44-52)70-40-34-50(42-62(70)72)71(49-33-39-66-60(41-49)57-22-8-12-27-65(57)73-66)48-31-29-46(30-32-48)54-23-14-16-45-15-4-5-19-53(45)54;1-3-16-43(17-4-1)44-30-32-46(33-31-44)67(56-24-15-28-61-66(56)54-22-9-13-27-60(54)69-61)47-34-39-65-57(40-47)68(45-18-5-2-6-19-45)55-23-10-14-29-64(55)72(65,48-35-37-52-50-20-7-11-25-58(50)70-62(52)41-48)49-36-38-53-51-21-8-12-26-59(51)71-63(53)42-49/h1-44H;1-42H. The van der Waals surface area contributed by atoms with Crippen LogP contribution in [0.2, 0.25) is 0 Å². The van der Waals surface area contributed by atoms with Crippen molar-refractivity contribution in [1.82, 2.24) is 0 Å². The molecule has 6 aromatic heterocycles. The third-order valence-electron chi connectivity index (χ3n) is 30.8. The van der Waals surface area contributed by atoms with E-state index in [1.165, 1.54) is 63.4 Å². The van der Waals surface area contributed by atoms with Crippen molar-refractivity contribution in [2.75, 3.05) is 19.6 Å². The Hall–Kier alpha value is -19.2. The molecular formula is C136H86N4O6Si2. The molecule has 12 heteroatoms. The van der Waals surface area contributed by atoms with E-state index in [1.54, 1.807) is 0 Å². The topological polar surface area (TPSA) is 91.8 Å². The lowest BCUT2D eigenvalue weighted by Gasteiger charge is -2.45. The second-order valence-corrected chi connectivity index (χ2v) is 46.2. The van der Waals surface area contributed by atoms with Gasteiger partial charge in [0, 0.05) is 122 Å². The number of hydrogen-bond acceptors (Lipinski definition) is 10. The van der Waals surface area contributed by atoms with Crippen LogP contribution in [0.1, 0.15) is 0 Å². The zero-order valence-electron chi connectivity index (χ0n) is 79.9. The highest BCUT2D eigenvalue weighted by atomic mass is 28.3. The van der Waals surface area contributed by atoms with Gasteiger partial charge in [-0.15, -0.1) is 0 Å². The maximum Gasteiger partial charge on any atom is 0.184 e. The van der Waals surface area contributed by atoms with Crippen LogP contribution < -0.4 is 61.1 Å². The normalized spacial score (nSPS) is 13.1. The van der Waals surface area contributed by atoms with Crippen LogP contribution in [-0.2, 0) is 0 Å². The summed E-state index contributed by atoms with van der Waals surface area (Å²) in [6, 6.07) is 189. The van der Waals surface area contributed by atoms with Crippen LogP contribution >= 0.6 is 0 Å². The fourth-order valence-corrected chi connectivity index (χ4v) is 34.5. The monoisotopic (exact) mass is 1930 g/mol. The van der Waals surface area contributed by atoms with Crippen molar-refractivity contribution in [3.05, 3.63) is 522 Å². The van der Waals surface area contributed by atoms with Gasteiger partial charge in [-0.2, -0.15) is 0 Å². The minimum absolute atomic E-state index is 0.839. The highest BCUT2D eigenvalue weighted by Gasteiger charge is 2.52. The largest absolute Gasteiger partial charge is 0.456 e. The summed E-state index contributed by atoms with van der Waals surface area (Å²) in [5.74, 6) is 0. The highest BCUT2D eigenvalue weighted by Crippen LogP contribution is 2.51. The molecule has 29 aromatic rings. The fourth-order valence-electron chi connectivity index (χ4n) is 24.3. The summed E-state index contributed by atoms with van der Waals surface area (Å²) < 4.78 is 40.1. The van der Waals surface area contributed by atoms with E-state index in [9.17, 15) is 0 Å². The number of para-hydroxylation sites is 10. The molecule has 0 bridgehead atoms. The lowest BCUT2D eigenvalue weighted by Crippen LogP contribution is -2.77. The third kappa shape index (κ3) is 13.1. The molecule has 0 amide bonds. The Labute approximate surface area is 852 Å². The van der Waals surface area contributed by atoms with Crippen molar-refractivity contribution in [2.24, 2.45) is 0 Å². The van der Waals surface area contributed by atoms with Crippen LogP contribution in [-0.4, -0.2) is 16.1 Å². The van der Waals surface area contributed by atoms with Gasteiger partial charge in [0.1, 0.15) is 67.0 Å². The molecule has 2 aliphatic heterocycles. The summed E-state index contributed by atoms with van der Waals surface area (Å²) in [6.07, 6.45) is 0. The van der Waals surface area contributed by atoms with Crippen LogP contribution in [0.3, 0.4) is 0 Å². The van der Waals surface area contributed by atoms with E-state index >= 15 is 0 Å². The summed E-state index contributed by atoms with van der Waals surface area (Å²) in [6.45, 7) is 0. The van der Waals surface area contributed by atoms with E-state index in [0.717, 1.165) is 211 Å². The van der Waals surface area contributed by atoms with E-state index in [2.05, 4.69) is 499 Å².